The van der Waals surface area contributed by atoms with Gasteiger partial charge in [-0.15, -0.1) is 0 Å². The number of carbonyl (C=O) groups excluding carboxylic acids is 1. The van der Waals surface area contributed by atoms with E-state index >= 15 is 0 Å². The lowest BCUT2D eigenvalue weighted by Crippen LogP contribution is -2.40. The maximum absolute atomic E-state index is 14.3. The van der Waals surface area contributed by atoms with Gasteiger partial charge in [-0.3, -0.25) is 9.36 Å². The number of carbonyl (C=O) groups is 1. The third-order valence-corrected chi connectivity index (χ3v) is 8.71. The molecule has 0 saturated heterocycles. The summed E-state index contributed by atoms with van der Waals surface area (Å²) in [4.78, 5) is 32.8. The summed E-state index contributed by atoms with van der Waals surface area (Å²) in [5.74, 6) is 1.54. The van der Waals surface area contributed by atoms with Gasteiger partial charge in [0.2, 0.25) is 0 Å². The summed E-state index contributed by atoms with van der Waals surface area (Å²) in [7, 11) is 3.13. The van der Waals surface area contributed by atoms with Crippen molar-refractivity contribution in [2.75, 3.05) is 20.8 Å². The van der Waals surface area contributed by atoms with Gasteiger partial charge in [-0.05, 0) is 75.2 Å². The van der Waals surface area contributed by atoms with Crippen LogP contribution in [0.4, 0.5) is 0 Å². The van der Waals surface area contributed by atoms with Crippen LogP contribution in [0.5, 0.6) is 23.0 Å². The predicted molar refractivity (Wildman–Crippen MR) is 181 cm³/mol. The largest absolute Gasteiger partial charge is 0.493 e. The van der Waals surface area contributed by atoms with Crippen LogP contribution in [0.2, 0.25) is 0 Å². The van der Waals surface area contributed by atoms with Crippen LogP contribution in [0.1, 0.15) is 50.4 Å². The van der Waals surface area contributed by atoms with Gasteiger partial charge in [0, 0.05) is 10.0 Å². The van der Waals surface area contributed by atoms with E-state index in [0.717, 1.165) is 10.0 Å². The van der Waals surface area contributed by atoms with Gasteiger partial charge >= 0.3 is 5.97 Å². The van der Waals surface area contributed by atoms with E-state index in [1.54, 1.807) is 46.3 Å². The van der Waals surface area contributed by atoms with Crippen LogP contribution in [0.15, 0.2) is 86.2 Å². The fraction of sp³-hybridized carbons (Fsp3) is 0.286. The Balaban J connectivity index is 1.65. The number of allylic oxidation sites excluding steroid dienone is 1. The zero-order chi connectivity index (χ0) is 33.0. The van der Waals surface area contributed by atoms with Gasteiger partial charge in [-0.25, -0.2) is 9.79 Å². The summed E-state index contributed by atoms with van der Waals surface area (Å²) in [6, 6.07) is 17.9. The molecule has 3 aromatic carbocycles. The van der Waals surface area contributed by atoms with E-state index in [2.05, 4.69) is 15.9 Å². The number of para-hydroxylation sites is 1. The molecule has 1 aliphatic heterocycles. The molecule has 0 unspecified atom stereocenters. The molecular weight excluding hydrogens is 672 g/mol. The van der Waals surface area contributed by atoms with Crippen molar-refractivity contribution in [3.8, 4) is 23.0 Å². The van der Waals surface area contributed by atoms with Crippen molar-refractivity contribution in [1.82, 2.24) is 4.57 Å². The van der Waals surface area contributed by atoms with Gasteiger partial charge in [-0.1, -0.05) is 57.6 Å². The molecule has 0 N–H and O–H groups in total. The van der Waals surface area contributed by atoms with Gasteiger partial charge in [0.1, 0.15) is 6.61 Å². The molecule has 0 bridgehead atoms. The number of thiazole rings is 1. The highest BCUT2D eigenvalue weighted by Crippen LogP contribution is 2.37. The summed E-state index contributed by atoms with van der Waals surface area (Å²) >= 11 is 4.69. The van der Waals surface area contributed by atoms with Crippen LogP contribution in [0.25, 0.3) is 6.08 Å². The standard InChI is InChI=1S/C35H35BrN2O7S/c1-7-43-34(40)30-21(4)37-35-38(31(30)23-13-16-26(45-20(2)3)28(17-23)42-6)33(39)29(46-35)18-24-9-8-10-27(41-5)32(24)44-19-22-11-14-25(36)15-12-22/h8-18,20,31H,7,19H2,1-6H3/b29-18+/t31-/m0/s1. The first-order valence-electron chi connectivity index (χ1n) is 14.7. The lowest BCUT2D eigenvalue weighted by molar-refractivity contribution is -0.139. The summed E-state index contributed by atoms with van der Waals surface area (Å²) in [6.07, 6.45) is 1.69. The topological polar surface area (TPSA) is 97.6 Å². The maximum atomic E-state index is 14.3. The minimum absolute atomic E-state index is 0.0741. The van der Waals surface area contributed by atoms with E-state index < -0.39 is 12.0 Å². The lowest BCUT2D eigenvalue weighted by Gasteiger charge is -2.25. The van der Waals surface area contributed by atoms with Crippen molar-refractivity contribution in [2.45, 2.75) is 46.4 Å². The Labute approximate surface area is 279 Å². The van der Waals surface area contributed by atoms with Crippen molar-refractivity contribution in [3.63, 3.8) is 0 Å². The number of benzene rings is 3. The maximum Gasteiger partial charge on any atom is 0.338 e. The molecule has 0 saturated carbocycles. The Bertz CT molecular complexity index is 1960. The third kappa shape index (κ3) is 6.90. The average Bonchev–Trinajstić information content (AvgIpc) is 3.34. The monoisotopic (exact) mass is 706 g/mol. The van der Waals surface area contributed by atoms with Crippen molar-refractivity contribution < 1.29 is 28.5 Å². The van der Waals surface area contributed by atoms with Crippen LogP contribution in [-0.2, 0) is 16.1 Å². The second kappa shape index (κ2) is 14.4. The minimum Gasteiger partial charge on any atom is -0.493 e. The Hall–Kier alpha value is -4.35. The van der Waals surface area contributed by atoms with Crippen LogP contribution < -0.4 is 33.8 Å². The van der Waals surface area contributed by atoms with E-state index in [9.17, 15) is 9.59 Å². The normalized spacial score (nSPS) is 14.5. The SMILES string of the molecule is CCOC(=O)C1=C(C)N=c2s/c(=C/c3cccc(OC)c3OCc3ccc(Br)cc3)c(=O)n2[C@H]1c1ccc(OC(C)C)c(OC)c1. The number of esters is 1. The number of ether oxygens (including phenoxy) is 5. The third-order valence-electron chi connectivity index (χ3n) is 7.20. The van der Waals surface area contributed by atoms with Crippen molar-refractivity contribution in [1.29, 1.82) is 0 Å². The van der Waals surface area contributed by atoms with Gasteiger partial charge in [0.05, 0.1) is 48.8 Å². The van der Waals surface area contributed by atoms with E-state index in [4.69, 9.17) is 28.7 Å². The molecule has 0 fully saturated rings. The number of hydrogen-bond donors (Lipinski definition) is 0. The highest BCUT2D eigenvalue weighted by Gasteiger charge is 2.34. The minimum atomic E-state index is -0.808. The molecule has 4 aromatic rings. The molecule has 11 heteroatoms. The van der Waals surface area contributed by atoms with E-state index in [1.165, 1.54) is 15.9 Å². The Morgan fingerprint density at radius 1 is 1.04 bits per heavy atom. The molecule has 240 valence electrons. The predicted octanol–water partition coefficient (Wildman–Crippen LogP) is 5.94. The molecule has 2 heterocycles. The van der Waals surface area contributed by atoms with Crippen LogP contribution in [0.3, 0.4) is 0 Å². The van der Waals surface area contributed by atoms with Gasteiger partial charge in [-0.2, -0.15) is 0 Å². The van der Waals surface area contributed by atoms with Crippen LogP contribution in [-0.4, -0.2) is 37.5 Å². The number of nitrogens with zero attached hydrogens (tertiary/aromatic N) is 2. The summed E-state index contributed by atoms with van der Waals surface area (Å²) < 4.78 is 31.8. The molecule has 1 aromatic heterocycles. The number of rotatable bonds is 11. The first-order chi connectivity index (χ1) is 22.1. The zero-order valence-electron chi connectivity index (χ0n) is 26.5. The molecule has 0 amide bonds. The first-order valence-corrected chi connectivity index (χ1v) is 16.3. The van der Waals surface area contributed by atoms with E-state index in [0.29, 0.717) is 55.8 Å². The fourth-order valence-electron chi connectivity index (χ4n) is 5.15. The molecule has 9 nitrogen and oxygen atoms in total. The molecule has 1 aliphatic rings. The molecule has 0 radical (unpaired) electrons. The first kappa shape index (κ1) is 33.0. The Kier molecular flexibility index (Phi) is 10.3. The Morgan fingerprint density at radius 3 is 2.46 bits per heavy atom. The van der Waals surface area contributed by atoms with Crippen molar-refractivity contribution in [3.05, 3.63) is 113 Å². The smallest absolute Gasteiger partial charge is 0.338 e. The van der Waals surface area contributed by atoms with E-state index in [1.807, 2.05) is 62.4 Å². The summed E-state index contributed by atoms with van der Waals surface area (Å²) in [5.41, 5.74) is 2.72. The second-order valence-corrected chi connectivity index (χ2v) is 12.6. The molecule has 1 atom stereocenters. The average molecular weight is 708 g/mol. The quantitative estimate of drug-likeness (QED) is 0.178. The Morgan fingerprint density at radius 2 is 1.78 bits per heavy atom. The number of aromatic nitrogens is 1. The fourth-order valence-corrected chi connectivity index (χ4v) is 6.45. The van der Waals surface area contributed by atoms with E-state index in [-0.39, 0.29) is 23.8 Å². The lowest BCUT2D eigenvalue weighted by atomic mass is 9.95. The van der Waals surface area contributed by atoms with Crippen LogP contribution in [0, 0.1) is 0 Å². The molecule has 0 aliphatic carbocycles. The summed E-state index contributed by atoms with van der Waals surface area (Å²) in [5, 5.41) is 0. The van der Waals surface area contributed by atoms with Crippen molar-refractivity contribution >= 4 is 39.3 Å². The summed E-state index contributed by atoms with van der Waals surface area (Å²) in [6.45, 7) is 7.82. The van der Waals surface area contributed by atoms with Gasteiger partial charge in [0.25, 0.3) is 5.56 Å². The van der Waals surface area contributed by atoms with Gasteiger partial charge < -0.3 is 23.7 Å². The molecule has 0 spiro atoms. The number of fused-ring (bicyclic) bond motifs is 1. The molecular formula is C35H35BrN2O7S. The number of hydrogen-bond acceptors (Lipinski definition) is 9. The molecule has 5 rings (SSSR count). The van der Waals surface area contributed by atoms with Crippen molar-refractivity contribution in [2.24, 2.45) is 4.99 Å². The number of halogens is 1. The zero-order valence-corrected chi connectivity index (χ0v) is 28.9. The molecule has 46 heavy (non-hydrogen) atoms. The van der Waals surface area contributed by atoms with Gasteiger partial charge in [0.15, 0.2) is 27.8 Å². The number of methoxy groups -OCH3 is 2. The highest BCUT2D eigenvalue weighted by atomic mass is 79.9. The van der Waals surface area contributed by atoms with Crippen LogP contribution >= 0.6 is 27.3 Å². The second-order valence-electron chi connectivity index (χ2n) is 10.7. The highest BCUT2D eigenvalue weighted by molar-refractivity contribution is 9.10.